The average molecular weight is 151 g/mol. The third kappa shape index (κ3) is 2.24. The number of allylic oxidation sites excluding steroid dienone is 5. The summed E-state index contributed by atoms with van der Waals surface area (Å²) in [5, 5.41) is 0. The molecule has 2 heteroatoms. The standard InChI is InChI=1S/C9H13NO/c1-9(2)6-3-4-8(11-10)5-7-9/h3-7H,10H2,1-2H3. The van der Waals surface area contributed by atoms with E-state index >= 15 is 0 Å². The fourth-order valence-electron chi connectivity index (χ4n) is 0.878. The summed E-state index contributed by atoms with van der Waals surface area (Å²) in [7, 11) is 0. The molecule has 11 heavy (non-hydrogen) atoms. The molecule has 0 aromatic carbocycles. The number of rotatable bonds is 1. The Balaban J connectivity index is 2.83. The first-order valence-electron chi connectivity index (χ1n) is 3.59. The lowest BCUT2D eigenvalue weighted by molar-refractivity contribution is 0.234. The Morgan fingerprint density at radius 2 is 2.09 bits per heavy atom. The van der Waals surface area contributed by atoms with Crippen LogP contribution in [0.4, 0.5) is 0 Å². The van der Waals surface area contributed by atoms with Gasteiger partial charge in [0.1, 0.15) is 5.76 Å². The normalized spacial score (nSPS) is 20.8. The number of hydrogen-bond acceptors (Lipinski definition) is 2. The van der Waals surface area contributed by atoms with E-state index in [1.807, 2.05) is 18.2 Å². The van der Waals surface area contributed by atoms with E-state index in [0.29, 0.717) is 5.76 Å². The molecular formula is C9H13NO. The van der Waals surface area contributed by atoms with Crippen molar-refractivity contribution in [1.29, 1.82) is 0 Å². The van der Waals surface area contributed by atoms with Gasteiger partial charge < -0.3 is 4.84 Å². The molecule has 0 aromatic rings. The topological polar surface area (TPSA) is 35.2 Å². The molecule has 0 unspecified atom stereocenters. The molecule has 0 spiro atoms. The first-order valence-corrected chi connectivity index (χ1v) is 3.59. The summed E-state index contributed by atoms with van der Waals surface area (Å²) in [5.41, 5.74) is 0.0940. The number of nitrogens with two attached hydrogens (primary N) is 1. The molecule has 0 fully saturated rings. The van der Waals surface area contributed by atoms with E-state index in [-0.39, 0.29) is 5.41 Å². The summed E-state index contributed by atoms with van der Waals surface area (Å²) in [6.07, 6.45) is 9.80. The molecule has 0 heterocycles. The Morgan fingerprint density at radius 1 is 1.36 bits per heavy atom. The van der Waals surface area contributed by atoms with E-state index in [1.54, 1.807) is 0 Å². The predicted molar refractivity (Wildman–Crippen MR) is 45.4 cm³/mol. The second-order valence-corrected chi connectivity index (χ2v) is 3.20. The highest BCUT2D eigenvalue weighted by Gasteiger charge is 2.10. The highest BCUT2D eigenvalue weighted by Crippen LogP contribution is 2.22. The van der Waals surface area contributed by atoms with Gasteiger partial charge in [-0.05, 0) is 12.2 Å². The van der Waals surface area contributed by atoms with E-state index in [0.717, 1.165) is 0 Å². The lowest BCUT2D eigenvalue weighted by Crippen LogP contribution is -2.01. The van der Waals surface area contributed by atoms with Crippen LogP contribution < -0.4 is 5.90 Å². The van der Waals surface area contributed by atoms with E-state index in [1.165, 1.54) is 0 Å². The van der Waals surface area contributed by atoms with Crippen molar-refractivity contribution in [3.8, 4) is 0 Å². The van der Waals surface area contributed by atoms with Gasteiger partial charge in [0.05, 0.1) is 0 Å². The summed E-state index contributed by atoms with van der Waals surface area (Å²) >= 11 is 0. The third-order valence-corrected chi connectivity index (χ3v) is 1.60. The highest BCUT2D eigenvalue weighted by molar-refractivity contribution is 5.26. The van der Waals surface area contributed by atoms with Crippen LogP contribution >= 0.6 is 0 Å². The molecule has 0 bridgehead atoms. The minimum Gasteiger partial charge on any atom is -0.412 e. The lowest BCUT2D eigenvalue weighted by Gasteiger charge is -2.12. The van der Waals surface area contributed by atoms with Gasteiger partial charge in [-0.3, -0.25) is 0 Å². The quantitative estimate of drug-likeness (QED) is 0.581. The fraction of sp³-hybridized carbons (Fsp3) is 0.333. The molecule has 0 amide bonds. The summed E-state index contributed by atoms with van der Waals surface area (Å²) in [6, 6.07) is 0. The Bertz CT molecular complexity index is 224. The molecule has 1 aliphatic carbocycles. The van der Waals surface area contributed by atoms with Gasteiger partial charge in [-0.15, -0.1) is 0 Å². The molecule has 1 rings (SSSR count). The lowest BCUT2D eigenvalue weighted by atomic mass is 9.93. The smallest absolute Gasteiger partial charge is 0.146 e. The molecule has 0 aliphatic heterocycles. The Kier molecular flexibility index (Phi) is 2.15. The molecule has 1 aliphatic rings. The van der Waals surface area contributed by atoms with Crippen LogP contribution in [0.3, 0.4) is 0 Å². The van der Waals surface area contributed by atoms with Crippen LogP contribution in [0.15, 0.2) is 36.1 Å². The van der Waals surface area contributed by atoms with Crippen molar-refractivity contribution in [2.75, 3.05) is 0 Å². The monoisotopic (exact) mass is 151 g/mol. The zero-order valence-corrected chi connectivity index (χ0v) is 6.87. The molecule has 0 saturated carbocycles. The summed E-state index contributed by atoms with van der Waals surface area (Å²) in [4.78, 5) is 4.59. The maximum absolute atomic E-state index is 5.01. The predicted octanol–water partition coefficient (Wildman–Crippen LogP) is 1.91. The van der Waals surface area contributed by atoms with E-state index in [4.69, 9.17) is 5.90 Å². The summed E-state index contributed by atoms with van der Waals surface area (Å²) < 4.78 is 0. The van der Waals surface area contributed by atoms with Crippen LogP contribution in [-0.2, 0) is 4.84 Å². The van der Waals surface area contributed by atoms with Crippen LogP contribution in [0, 0.1) is 5.41 Å². The van der Waals surface area contributed by atoms with Crippen molar-refractivity contribution < 1.29 is 4.84 Å². The Labute approximate surface area is 67.0 Å². The van der Waals surface area contributed by atoms with Crippen LogP contribution in [-0.4, -0.2) is 0 Å². The van der Waals surface area contributed by atoms with Crippen molar-refractivity contribution in [3.63, 3.8) is 0 Å². The molecule has 0 aromatic heterocycles. The molecular weight excluding hydrogens is 138 g/mol. The van der Waals surface area contributed by atoms with Crippen molar-refractivity contribution >= 4 is 0 Å². The van der Waals surface area contributed by atoms with Crippen molar-refractivity contribution in [1.82, 2.24) is 0 Å². The molecule has 2 nitrogen and oxygen atoms in total. The van der Waals surface area contributed by atoms with Crippen molar-refractivity contribution in [2.24, 2.45) is 11.3 Å². The first-order chi connectivity index (χ1) is 5.14. The third-order valence-electron chi connectivity index (χ3n) is 1.60. The van der Waals surface area contributed by atoms with Crippen LogP contribution in [0.1, 0.15) is 13.8 Å². The van der Waals surface area contributed by atoms with Gasteiger partial charge >= 0.3 is 0 Å². The Hall–Kier alpha value is -1.02. The summed E-state index contributed by atoms with van der Waals surface area (Å²) in [5.74, 6) is 5.69. The maximum Gasteiger partial charge on any atom is 0.146 e. The first kappa shape index (κ1) is 8.08. The van der Waals surface area contributed by atoms with Gasteiger partial charge in [-0.2, -0.15) is 5.90 Å². The maximum atomic E-state index is 5.01. The van der Waals surface area contributed by atoms with Gasteiger partial charge in [0.15, 0.2) is 0 Å². The number of hydrogen-bond donors (Lipinski definition) is 1. The molecule has 0 radical (unpaired) electrons. The average Bonchev–Trinajstić information content (AvgIpc) is 2.10. The zero-order chi connectivity index (χ0) is 8.32. The van der Waals surface area contributed by atoms with E-state index in [9.17, 15) is 0 Å². The van der Waals surface area contributed by atoms with E-state index in [2.05, 4.69) is 30.8 Å². The van der Waals surface area contributed by atoms with Crippen LogP contribution in [0.25, 0.3) is 0 Å². The minimum atomic E-state index is 0.0940. The molecule has 2 N–H and O–H groups in total. The minimum absolute atomic E-state index is 0.0940. The van der Waals surface area contributed by atoms with Gasteiger partial charge in [-0.1, -0.05) is 32.1 Å². The highest BCUT2D eigenvalue weighted by atomic mass is 16.6. The Morgan fingerprint density at radius 3 is 2.73 bits per heavy atom. The van der Waals surface area contributed by atoms with Crippen molar-refractivity contribution in [3.05, 3.63) is 36.1 Å². The second kappa shape index (κ2) is 2.93. The van der Waals surface area contributed by atoms with Crippen LogP contribution in [0.2, 0.25) is 0 Å². The molecule has 0 atom stereocenters. The van der Waals surface area contributed by atoms with Gasteiger partial charge in [0.2, 0.25) is 0 Å². The largest absolute Gasteiger partial charge is 0.412 e. The zero-order valence-electron chi connectivity index (χ0n) is 6.87. The molecule has 0 saturated heterocycles. The SMILES string of the molecule is CC1(C)C=CC=C(ON)C=C1. The second-order valence-electron chi connectivity index (χ2n) is 3.20. The fourth-order valence-corrected chi connectivity index (χ4v) is 0.878. The van der Waals surface area contributed by atoms with Gasteiger partial charge in [-0.25, -0.2) is 0 Å². The summed E-state index contributed by atoms with van der Waals surface area (Å²) in [6.45, 7) is 4.24. The molecule has 60 valence electrons. The van der Waals surface area contributed by atoms with E-state index < -0.39 is 0 Å². The van der Waals surface area contributed by atoms with Gasteiger partial charge in [0, 0.05) is 5.41 Å². The van der Waals surface area contributed by atoms with Gasteiger partial charge in [0.25, 0.3) is 0 Å². The van der Waals surface area contributed by atoms with Crippen molar-refractivity contribution in [2.45, 2.75) is 13.8 Å². The van der Waals surface area contributed by atoms with Crippen LogP contribution in [0.5, 0.6) is 0 Å².